The largest absolute Gasteiger partial charge is 0.497 e. The summed E-state index contributed by atoms with van der Waals surface area (Å²) in [4.78, 5) is 2.43. The number of hydrogen-bond acceptors (Lipinski definition) is 3. The van der Waals surface area contributed by atoms with Crippen LogP contribution in [0.2, 0.25) is 0 Å². The van der Waals surface area contributed by atoms with Gasteiger partial charge >= 0.3 is 0 Å². The maximum Gasteiger partial charge on any atom is 0.119 e. The summed E-state index contributed by atoms with van der Waals surface area (Å²) in [7, 11) is 3.94. The molecule has 2 rings (SSSR count). The Morgan fingerprint density at radius 2 is 2.22 bits per heavy atom. The average Bonchev–Trinajstić information content (AvgIpc) is 2.36. The lowest BCUT2D eigenvalue weighted by molar-refractivity contribution is 0.221. The van der Waals surface area contributed by atoms with E-state index in [0.717, 1.165) is 25.3 Å². The van der Waals surface area contributed by atoms with E-state index in [2.05, 4.69) is 49.3 Å². The first-order chi connectivity index (χ1) is 8.61. The molecule has 0 radical (unpaired) electrons. The van der Waals surface area contributed by atoms with Gasteiger partial charge in [-0.25, -0.2) is 0 Å². The van der Waals surface area contributed by atoms with E-state index in [1.807, 2.05) is 0 Å². The maximum absolute atomic E-state index is 5.31. The van der Waals surface area contributed by atoms with Crippen LogP contribution in [0.5, 0.6) is 5.75 Å². The number of nitrogens with zero attached hydrogens (tertiary/aromatic N) is 1. The van der Waals surface area contributed by atoms with E-state index in [-0.39, 0.29) is 0 Å². The normalized spacial score (nSPS) is 19.9. The number of nitrogens with one attached hydrogen (secondary N) is 1. The monoisotopic (exact) mass is 248 g/mol. The van der Waals surface area contributed by atoms with E-state index in [9.17, 15) is 0 Å². The highest BCUT2D eigenvalue weighted by atomic mass is 16.5. The van der Waals surface area contributed by atoms with Gasteiger partial charge in [-0.15, -0.1) is 0 Å². The fourth-order valence-corrected chi connectivity index (χ4v) is 2.55. The van der Waals surface area contributed by atoms with Gasteiger partial charge in [0.2, 0.25) is 0 Å². The van der Waals surface area contributed by atoms with Crippen LogP contribution in [0.1, 0.15) is 31.0 Å². The number of hydrogen-bond donors (Lipinski definition) is 1. The predicted octanol–water partition coefficient (Wildman–Crippen LogP) is 2.22. The third-order valence-electron chi connectivity index (χ3n) is 3.69. The number of fused-ring (bicyclic) bond motifs is 1. The van der Waals surface area contributed by atoms with Crippen molar-refractivity contribution in [3.8, 4) is 5.75 Å². The van der Waals surface area contributed by atoms with Gasteiger partial charge in [0.15, 0.2) is 0 Å². The Hall–Kier alpha value is -1.06. The minimum atomic E-state index is 0.474. The fraction of sp³-hybridized carbons (Fsp3) is 0.600. The Morgan fingerprint density at radius 1 is 1.44 bits per heavy atom. The van der Waals surface area contributed by atoms with Gasteiger partial charge in [-0.1, -0.05) is 19.9 Å². The molecular formula is C15H24N2O. The first-order valence-corrected chi connectivity index (χ1v) is 6.72. The molecule has 0 bridgehead atoms. The first kappa shape index (κ1) is 13.4. The number of benzene rings is 1. The Balaban J connectivity index is 2.21. The van der Waals surface area contributed by atoms with Crippen LogP contribution in [-0.4, -0.2) is 38.2 Å². The summed E-state index contributed by atoms with van der Waals surface area (Å²) in [5.41, 5.74) is 2.88. The van der Waals surface area contributed by atoms with Gasteiger partial charge in [0.05, 0.1) is 7.11 Å². The maximum atomic E-state index is 5.31. The molecule has 1 aliphatic rings. The second-order valence-electron chi connectivity index (χ2n) is 5.37. The highest BCUT2D eigenvalue weighted by molar-refractivity contribution is 5.39. The molecule has 100 valence electrons. The van der Waals surface area contributed by atoms with Gasteiger partial charge in [-0.2, -0.15) is 0 Å². The Labute approximate surface area is 110 Å². The van der Waals surface area contributed by atoms with Gasteiger partial charge in [-0.05, 0) is 36.7 Å². The smallest absolute Gasteiger partial charge is 0.119 e. The van der Waals surface area contributed by atoms with E-state index in [4.69, 9.17) is 4.74 Å². The SMILES string of the molecule is COc1ccc2c(c1)CCN(C)C2CNC(C)C. The van der Waals surface area contributed by atoms with E-state index < -0.39 is 0 Å². The van der Waals surface area contributed by atoms with Gasteiger partial charge in [0, 0.05) is 25.2 Å². The molecule has 0 spiro atoms. The van der Waals surface area contributed by atoms with Gasteiger partial charge < -0.3 is 10.1 Å². The molecule has 0 aliphatic carbocycles. The summed E-state index contributed by atoms with van der Waals surface area (Å²) in [6, 6.07) is 7.48. The van der Waals surface area contributed by atoms with Gasteiger partial charge in [0.1, 0.15) is 5.75 Å². The second-order valence-corrected chi connectivity index (χ2v) is 5.37. The van der Waals surface area contributed by atoms with Gasteiger partial charge in [-0.3, -0.25) is 4.90 Å². The van der Waals surface area contributed by atoms with Crippen LogP contribution in [0, 0.1) is 0 Å². The summed E-state index contributed by atoms with van der Waals surface area (Å²) in [5, 5.41) is 3.54. The fourth-order valence-electron chi connectivity index (χ4n) is 2.55. The van der Waals surface area contributed by atoms with Crippen molar-refractivity contribution in [1.29, 1.82) is 0 Å². The zero-order valence-corrected chi connectivity index (χ0v) is 11.9. The molecule has 18 heavy (non-hydrogen) atoms. The number of ether oxygens (including phenoxy) is 1. The van der Waals surface area contributed by atoms with Crippen molar-refractivity contribution < 1.29 is 4.74 Å². The lowest BCUT2D eigenvalue weighted by Crippen LogP contribution is -2.40. The summed E-state index contributed by atoms with van der Waals surface area (Å²) in [5.74, 6) is 0.967. The topological polar surface area (TPSA) is 24.5 Å². The average molecular weight is 248 g/mol. The van der Waals surface area contributed by atoms with Crippen LogP contribution in [0.25, 0.3) is 0 Å². The molecule has 1 atom stereocenters. The summed E-state index contributed by atoms with van der Waals surface area (Å²) in [6.45, 7) is 6.51. The highest BCUT2D eigenvalue weighted by Gasteiger charge is 2.24. The minimum Gasteiger partial charge on any atom is -0.497 e. The van der Waals surface area contributed by atoms with Gasteiger partial charge in [0.25, 0.3) is 0 Å². The van der Waals surface area contributed by atoms with E-state index in [1.54, 1.807) is 7.11 Å². The van der Waals surface area contributed by atoms with Crippen LogP contribution < -0.4 is 10.1 Å². The summed E-state index contributed by atoms with van der Waals surface area (Å²) < 4.78 is 5.31. The molecular weight excluding hydrogens is 224 g/mol. The van der Waals surface area contributed by atoms with Crippen molar-refractivity contribution >= 4 is 0 Å². The van der Waals surface area contributed by atoms with Crippen molar-refractivity contribution in [3.05, 3.63) is 29.3 Å². The molecule has 0 aromatic heterocycles. The quantitative estimate of drug-likeness (QED) is 0.884. The van der Waals surface area contributed by atoms with Crippen LogP contribution >= 0.6 is 0 Å². The lowest BCUT2D eigenvalue weighted by atomic mass is 9.92. The van der Waals surface area contributed by atoms with E-state index >= 15 is 0 Å². The molecule has 1 heterocycles. The number of methoxy groups -OCH3 is 1. The zero-order valence-electron chi connectivity index (χ0n) is 11.9. The first-order valence-electron chi connectivity index (χ1n) is 6.72. The van der Waals surface area contributed by atoms with Crippen LogP contribution in [0.4, 0.5) is 0 Å². The highest BCUT2D eigenvalue weighted by Crippen LogP contribution is 2.30. The van der Waals surface area contributed by atoms with E-state index in [0.29, 0.717) is 12.1 Å². The van der Waals surface area contributed by atoms with E-state index in [1.165, 1.54) is 11.1 Å². The van der Waals surface area contributed by atoms with Crippen molar-refractivity contribution in [1.82, 2.24) is 10.2 Å². The lowest BCUT2D eigenvalue weighted by Gasteiger charge is -2.35. The zero-order chi connectivity index (χ0) is 13.1. The van der Waals surface area contributed by atoms with Crippen molar-refractivity contribution in [2.24, 2.45) is 0 Å². The molecule has 3 nitrogen and oxygen atoms in total. The third-order valence-corrected chi connectivity index (χ3v) is 3.69. The Morgan fingerprint density at radius 3 is 2.89 bits per heavy atom. The standard InChI is InChI=1S/C15H24N2O/c1-11(2)16-10-15-14-6-5-13(18-4)9-12(14)7-8-17(15)3/h5-6,9,11,15-16H,7-8,10H2,1-4H3. The third kappa shape index (κ3) is 2.85. The van der Waals surface area contributed by atoms with Crippen LogP contribution in [0.15, 0.2) is 18.2 Å². The molecule has 0 amide bonds. The molecule has 1 N–H and O–H groups in total. The van der Waals surface area contributed by atoms with Crippen LogP contribution in [0.3, 0.4) is 0 Å². The van der Waals surface area contributed by atoms with Crippen LogP contribution in [-0.2, 0) is 6.42 Å². The van der Waals surface area contributed by atoms with Crippen molar-refractivity contribution in [2.75, 3.05) is 27.2 Å². The summed E-state index contributed by atoms with van der Waals surface area (Å²) >= 11 is 0. The number of rotatable bonds is 4. The Bertz CT molecular complexity index is 403. The van der Waals surface area contributed by atoms with Crippen molar-refractivity contribution in [2.45, 2.75) is 32.4 Å². The number of likely N-dealkylation sites (N-methyl/N-ethyl adjacent to an activating group) is 1. The minimum absolute atomic E-state index is 0.474. The molecule has 3 heteroatoms. The molecule has 0 fully saturated rings. The Kier molecular flexibility index (Phi) is 4.25. The molecule has 1 aliphatic heterocycles. The van der Waals surface area contributed by atoms with Crippen molar-refractivity contribution in [3.63, 3.8) is 0 Å². The molecule has 1 unspecified atom stereocenters. The summed E-state index contributed by atoms with van der Waals surface area (Å²) in [6.07, 6.45) is 1.11. The molecule has 1 aromatic carbocycles. The molecule has 0 saturated heterocycles. The molecule has 1 aromatic rings. The molecule has 0 saturated carbocycles. The predicted molar refractivity (Wildman–Crippen MR) is 75.2 cm³/mol. The second kappa shape index (κ2) is 5.72.